The normalized spacial score (nSPS) is 12.9. The van der Waals surface area contributed by atoms with Crippen molar-refractivity contribution in [2.75, 3.05) is 0 Å². The van der Waals surface area contributed by atoms with E-state index in [4.69, 9.17) is 0 Å². The first-order valence-corrected chi connectivity index (χ1v) is 9.44. The summed E-state index contributed by atoms with van der Waals surface area (Å²) in [4.78, 5) is 3.05. The molecule has 1 heterocycles. The molecule has 0 unspecified atom stereocenters. The molecule has 0 saturated heterocycles. The van der Waals surface area contributed by atoms with Crippen LogP contribution in [0.4, 0.5) is 26.3 Å². The summed E-state index contributed by atoms with van der Waals surface area (Å²) in [5.41, 5.74) is -2.27. The van der Waals surface area contributed by atoms with Crippen molar-refractivity contribution in [3.63, 3.8) is 0 Å². The number of benzene rings is 2. The quantitative estimate of drug-likeness (QED) is 0.542. The topological polar surface area (TPSA) is 52.0 Å². The third-order valence-electron chi connectivity index (χ3n) is 4.06. The Labute approximate surface area is 161 Å². The van der Waals surface area contributed by atoms with Crippen LogP contribution in [-0.4, -0.2) is 18.0 Å². The number of alkyl halides is 6. The van der Waals surface area contributed by atoms with E-state index in [1.54, 1.807) is 6.92 Å². The van der Waals surface area contributed by atoms with Gasteiger partial charge in [-0.15, -0.1) is 0 Å². The minimum atomic E-state index is -5.13. The third kappa shape index (κ3) is 4.00. The molecular weight excluding hydrogens is 422 g/mol. The van der Waals surface area contributed by atoms with E-state index in [9.17, 15) is 34.8 Å². The molecule has 1 aromatic heterocycles. The molecular formula is C18H12F6N2O2S. The average Bonchev–Trinajstić information content (AvgIpc) is 3.08. The second-order valence-electron chi connectivity index (χ2n) is 6.13. The molecule has 0 bridgehead atoms. The summed E-state index contributed by atoms with van der Waals surface area (Å²) in [6.07, 6.45) is -9.18. The lowest BCUT2D eigenvalue weighted by atomic mass is 10.2. The molecule has 0 N–H and O–H groups in total. The van der Waals surface area contributed by atoms with E-state index in [1.807, 2.05) is 0 Å². The van der Waals surface area contributed by atoms with Crippen molar-refractivity contribution >= 4 is 9.84 Å². The molecule has 0 spiro atoms. The fraction of sp³-hybridized carbons (Fsp3) is 0.167. The molecule has 0 aliphatic heterocycles. The number of halogens is 6. The number of hydrogen-bond acceptors (Lipinski definition) is 3. The van der Waals surface area contributed by atoms with Crippen LogP contribution in [0, 0.1) is 6.92 Å². The predicted molar refractivity (Wildman–Crippen MR) is 90.2 cm³/mol. The highest BCUT2D eigenvalue weighted by Crippen LogP contribution is 2.38. The van der Waals surface area contributed by atoms with E-state index < -0.39 is 38.5 Å². The molecule has 3 rings (SSSR count). The largest absolute Gasteiger partial charge is 0.434 e. The number of hydrogen-bond donors (Lipinski definition) is 0. The van der Waals surface area contributed by atoms with Gasteiger partial charge < -0.3 is 0 Å². The summed E-state index contributed by atoms with van der Waals surface area (Å²) in [6, 6.07) is 7.97. The van der Waals surface area contributed by atoms with Gasteiger partial charge in [0.25, 0.3) is 0 Å². The van der Waals surface area contributed by atoms with Crippen molar-refractivity contribution in [1.29, 1.82) is 0 Å². The number of imidazole rings is 1. The summed E-state index contributed by atoms with van der Waals surface area (Å²) < 4.78 is 105. The van der Waals surface area contributed by atoms with Crippen LogP contribution >= 0.6 is 0 Å². The number of aromatic nitrogens is 2. The Morgan fingerprint density at radius 2 is 1.38 bits per heavy atom. The fourth-order valence-electron chi connectivity index (χ4n) is 2.62. The van der Waals surface area contributed by atoms with Crippen LogP contribution in [0.3, 0.4) is 0 Å². The van der Waals surface area contributed by atoms with Gasteiger partial charge in [0.15, 0.2) is 10.7 Å². The number of aryl methyl sites for hydroxylation is 1. The molecule has 11 heteroatoms. The minimum absolute atomic E-state index is 0.316. The highest BCUT2D eigenvalue weighted by atomic mass is 32.2. The second kappa shape index (κ2) is 6.90. The van der Waals surface area contributed by atoms with Crippen LogP contribution in [0.15, 0.2) is 64.8 Å². The fourth-order valence-corrected chi connectivity index (χ4v) is 3.99. The molecule has 0 radical (unpaired) electrons. The Morgan fingerprint density at radius 3 is 1.86 bits per heavy atom. The first-order valence-electron chi connectivity index (χ1n) is 7.96. The molecule has 0 aliphatic rings. The zero-order valence-corrected chi connectivity index (χ0v) is 15.4. The summed E-state index contributed by atoms with van der Waals surface area (Å²) >= 11 is 0. The maximum atomic E-state index is 13.7. The van der Waals surface area contributed by atoms with E-state index in [1.165, 1.54) is 12.1 Å². The molecule has 0 amide bonds. The Morgan fingerprint density at radius 1 is 0.828 bits per heavy atom. The molecule has 3 aromatic rings. The lowest BCUT2D eigenvalue weighted by Gasteiger charge is -2.14. The van der Waals surface area contributed by atoms with Crippen molar-refractivity contribution in [3.05, 3.63) is 71.7 Å². The average molecular weight is 434 g/mol. The summed E-state index contributed by atoms with van der Waals surface area (Å²) in [5.74, 6) is 0. The van der Waals surface area contributed by atoms with Crippen molar-refractivity contribution in [1.82, 2.24) is 9.55 Å². The Kier molecular flexibility index (Phi) is 4.98. The van der Waals surface area contributed by atoms with E-state index in [0.29, 0.717) is 28.6 Å². The zero-order valence-electron chi connectivity index (χ0n) is 14.6. The molecule has 0 saturated carbocycles. The van der Waals surface area contributed by atoms with Crippen LogP contribution in [0.2, 0.25) is 0 Å². The van der Waals surface area contributed by atoms with Gasteiger partial charge in [-0.25, -0.2) is 13.4 Å². The van der Waals surface area contributed by atoms with Gasteiger partial charge in [0.2, 0.25) is 9.84 Å². The van der Waals surface area contributed by atoms with Crippen molar-refractivity contribution < 1.29 is 34.8 Å². The van der Waals surface area contributed by atoms with Crippen molar-refractivity contribution in [2.45, 2.75) is 29.2 Å². The first-order chi connectivity index (χ1) is 13.3. The molecule has 0 fully saturated rings. The van der Waals surface area contributed by atoms with Crippen molar-refractivity contribution in [3.8, 4) is 5.69 Å². The van der Waals surface area contributed by atoms with Gasteiger partial charge in [-0.2, -0.15) is 26.3 Å². The van der Waals surface area contributed by atoms with Gasteiger partial charge in [0, 0.05) is 5.69 Å². The molecule has 29 heavy (non-hydrogen) atoms. The summed E-state index contributed by atoms with van der Waals surface area (Å²) in [7, 11) is -4.62. The third-order valence-corrected chi connectivity index (χ3v) is 5.76. The molecule has 0 atom stereocenters. The van der Waals surface area contributed by atoms with Crippen LogP contribution in [0.1, 0.15) is 16.8 Å². The van der Waals surface area contributed by atoms with Gasteiger partial charge in [-0.1, -0.05) is 17.7 Å². The lowest BCUT2D eigenvalue weighted by Crippen LogP contribution is -2.17. The smallest absolute Gasteiger partial charge is 0.294 e. The van der Waals surface area contributed by atoms with Crippen molar-refractivity contribution in [2.24, 2.45) is 0 Å². The number of nitrogens with zero attached hydrogens (tertiary/aromatic N) is 2. The molecule has 154 valence electrons. The first kappa shape index (κ1) is 20.9. The highest BCUT2D eigenvalue weighted by Gasteiger charge is 2.43. The van der Waals surface area contributed by atoms with E-state index in [-0.39, 0.29) is 10.6 Å². The Hall–Kier alpha value is -2.82. The summed E-state index contributed by atoms with van der Waals surface area (Å²) in [5, 5.41) is -1.23. The molecule has 0 aliphatic carbocycles. The van der Waals surface area contributed by atoms with E-state index in [2.05, 4.69) is 4.98 Å². The maximum absolute atomic E-state index is 13.7. The number of rotatable bonds is 3. The van der Waals surface area contributed by atoms with Crippen LogP contribution in [0.5, 0.6) is 0 Å². The van der Waals surface area contributed by atoms with Gasteiger partial charge in [0.1, 0.15) is 6.33 Å². The van der Waals surface area contributed by atoms with Gasteiger partial charge in [-0.3, -0.25) is 4.57 Å². The molecule has 2 aromatic carbocycles. The van der Waals surface area contributed by atoms with Gasteiger partial charge in [-0.05, 0) is 43.3 Å². The van der Waals surface area contributed by atoms with E-state index in [0.717, 1.165) is 24.3 Å². The maximum Gasteiger partial charge on any atom is 0.434 e. The SMILES string of the molecule is Cc1ccc(S(=O)(=O)c2ncn(-c3ccc(C(F)(F)F)cc3)c2C(F)(F)F)cc1. The second-order valence-corrected chi connectivity index (χ2v) is 7.99. The highest BCUT2D eigenvalue weighted by molar-refractivity contribution is 7.91. The summed E-state index contributed by atoms with van der Waals surface area (Å²) in [6.45, 7) is 1.68. The monoisotopic (exact) mass is 434 g/mol. The van der Waals surface area contributed by atoms with Crippen LogP contribution in [-0.2, 0) is 22.2 Å². The van der Waals surface area contributed by atoms with Gasteiger partial charge >= 0.3 is 12.4 Å². The minimum Gasteiger partial charge on any atom is -0.294 e. The van der Waals surface area contributed by atoms with E-state index >= 15 is 0 Å². The van der Waals surface area contributed by atoms with Crippen LogP contribution < -0.4 is 0 Å². The van der Waals surface area contributed by atoms with Gasteiger partial charge in [0.05, 0.1) is 10.5 Å². The Bertz CT molecular complexity index is 1130. The van der Waals surface area contributed by atoms with Crippen LogP contribution in [0.25, 0.3) is 5.69 Å². The number of sulfone groups is 1. The predicted octanol–water partition coefficient (Wildman–Crippen LogP) is 5.05. The molecule has 4 nitrogen and oxygen atoms in total. The zero-order chi connectivity index (χ0) is 21.6. The lowest BCUT2D eigenvalue weighted by molar-refractivity contribution is -0.145. The Balaban J connectivity index is 2.17. The standard InChI is InChI=1S/C18H12F6N2O2S/c1-11-2-8-14(9-3-11)29(27,28)16-15(18(22,23)24)26(10-25-16)13-6-4-12(5-7-13)17(19,20)21/h2-10H,1H3.